The molecule has 3 N–H and O–H groups in total. The van der Waals surface area contributed by atoms with E-state index in [1.54, 1.807) is 6.07 Å². The van der Waals surface area contributed by atoms with Gasteiger partial charge in [0.15, 0.2) is 0 Å². The highest BCUT2D eigenvalue weighted by Gasteiger charge is 2.56. The fourth-order valence-electron chi connectivity index (χ4n) is 3.77. The molecule has 4 rings (SSSR count). The van der Waals surface area contributed by atoms with Crippen LogP contribution in [-0.2, 0) is 11.2 Å². The second-order valence-corrected chi connectivity index (χ2v) is 6.07. The molecule has 0 heterocycles. The van der Waals surface area contributed by atoms with Crippen molar-refractivity contribution in [2.75, 3.05) is 11.1 Å². The minimum absolute atomic E-state index is 0.120. The first-order chi connectivity index (χ1) is 10.2. The Hall–Kier alpha value is -2.29. The van der Waals surface area contributed by atoms with E-state index < -0.39 is 0 Å². The highest BCUT2D eigenvalue weighted by atomic mass is 16.2. The van der Waals surface area contributed by atoms with E-state index in [-0.39, 0.29) is 11.8 Å². The number of fused-ring (bicyclic) bond motifs is 3. The number of nitrogens with two attached hydrogens (primary N) is 1. The number of amides is 1. The van der Waals surface area contributed by atoms with Crippen LogP contribution >= 0.6 is 0 Å². The van der Waals surface area contributed by atoms with Gasteiger partial charge in [0.1, 0.15) is 0 Å². The molecule has 0 spiro atoms. The Balaban J connectivity index is 1.53. The number of nitrogen functional groups attached to an aromatic ring is 1. The molecule has 0 bridgehead atoms. The molecule has 3 heteroatoms. The number of anilines is 2. The summed E-state index contributed by atoms with van der Waals surface area (Å²) in [5.74, 6) is 1.18. The van der Waals surface area contributed by atoms with Gasteiger partial charge in [-0.3, -0.25) is 4.79 Å². The molecule has 2 aliphatic rings. The molecule has 1 fully saturated rings. The first kappa shape index (κ1) is 12.5. The van der Waals surface area contributed by atoms with E-state index >= 15 is 0 Å². The van der Waals surface area contributed by atoms with Crippen molar-refractivity contribution in [2.24, 2.45) is 11.8 Å². The molecule has 3 nitrogen and oxygen atoms in total. The van der Waals surface area contributed by atoms with Crippen molar-refractivity contribution >= 4 is 17.3 Å². The van der Waals surface area contributed by atoms with E-state index in [1.165, 1.54) is 11.1 Å². The summed E-state index contributed by atoms with van der Waals surface area (Å²) >= 11 is 0. The number of rotatable bonds is 2. The van der Waals surface area contributed by atoms with E-state index in [0.29, 0.717) is 17.5 Å². The maximum atomic E-state index is 12.5. The zero-order valence-corrected chi connectivity index (χ0v) is 11.8. The summed E-state index contributed by atoms with van der Waals surface area (Å²) in [5.41, 5.74) is 10.0. The molecule has 0 saturated heterocycles. The molecule has 2 aromatic rings. The van der Waals surface area contributed by atoms with Crippen LogP contribution in [0.3, 0.4) is 0 Å². The highest BCUT2D eigenvalue weighted by molar-refractivity contribution is 5.96. The number of carbonyl (C=O) groups is 1. The lowest BCUT2D eigenvalue weighted by Crippen LogP contribution is -2.15. The summed E-state index contributed by atoms with van der Waals surface area (Å²) in [7, 11) is 0. The second kappa shape index (κ2) is 4.62. The maximum Gasteiger partial charge on any atom is 0.228 e. The van der Waals surface area contributed by atoms with Crippen LogP contribution in [0.2, 0.25) is 0 Å². The van der Waals surface area contributed by atoms with Crippen molar-refractivity contribution in [3.63, 3.8) is 0 Å². The highest BCUT2D eigenvalue weighted by Crippen LogP contribution is 2.60. The van der Waals surface area contributed by atoms with Crippen LogP contribution in [0.4, 0.5) is 11.4 Å². The number of aryl methyl sites for hydroxylation is 1. The van der Waals surface area contributed by atoms with Crippen LogP contribution < -0.4 is 11.1 Å². The van der Waals surface area contributed by atoms with Gasteiger partial charge in [-0.1, -0.05) is 30.3 Å². The van der Waals surface area contributed by atoms with E-state index in [1.807, 2.05) is 18.2 Å². The maximum absolute atomic E-state index is 12.5. The van der Waals surface area contributed by atoms with Gasteiger partial charge in [-0.05, 0) is 54.0 Å². The Morgan fingerprint density at radius 1 is 1.14 bits per heavy atom. The van der Waals surface area contributed by atoms with E-state index in [0.717, 1.165) is 18.5 Å². The SMILES string of the molecule is Nc1cccc(NC(=O)C2C3CCc4ccccc4C32)c1. The average Bonchev–Trinajstić information content (AvgIpc) is 3.22. The van der Waals surface area contributed by atoms with Crippen molar-refractivity contribution in [1.29, 1.82) is 0 Å². The van der Waals surface area contributed by atoms with Crippen molar-refractivity contribution in [3.8, 4) is 0 Å². The minimum Gasteiger partial charge on any atom is -0.399 e. The van der Waals surface area contributed by atoms with Gasteiger partial charge in [-0.2, -0.15) is 0 Å². The molecule has 2 aliphatic carbocycles. The van der Waals surface area contributed by atoms with Crippen LogP contribution in [0.5, 0.6) is 0 Å². The smallest absolute Gasteiger partial charge is 0.228 e. The summed E-state index contributed by atoms with van der Waals surface area (Å²) in [5, 5.41) is 3.01. The van der Waals surface area contributed by atoms with Crippen LogP contribution in [0, 0.1) is 11.8 Å². The summed E-state index contributed by atoms with van der Waals surface area (Å²) in [4.78, 5) is 12.5. The molecule has 0 radical (unpaired) electrons. The fraction of sp³-hybridized carbons (Fsp3) is 0.278. The monoisotopic (exact) mass is 278 g/mol. The Morgan fingerprint density at radius 2 is 2.00 bits per heavy atom. The van der Waals surface area contributed by atoms with Crippen LogP contribution in [0.1, 0.15) is 23.5 Å². The van der Waals surface area contributed by atoms with Crippen molar-refractivity contribution < 1.29 is 4.79 Å². The Kier molecular flexibility index (Phi) is 2.74. The lowest BCUT2D eigenvalue weighted by atomic mass is 9.92. The number of hydrogen-bond acceptors (Lipinski definition) is 2. The zero-order chi connectivity index (χ0) is 14.4. The number of hydrogen-bond donors (Lipinski definition) is 2. The quantitative estimate of drug-likeness (QED) is 0.829. The fourth-order valence-corrected chi connectivity index (χ4v) is 3.77. The van der Waals surface area contributed by atoms with E-state index in [4.69, 9.17) is 5.73 Å². The molecule has 0 aliphatic heterocycles. The Bertz CT molecular complexity index is 710. The molecule has 1 saturated carbocycles. The predicted molar refractivity (Wildman–Crippen MR) is 84.0 cm³/mol. The Labute approximate surface area is 124 Å². The molecule has 0 aromatic heterocycles. The third-order valence-electron chi connectivity index (χ3n) is 4.79. The lowest BCUT2D eigenvalue weighted by molar-refractivity contribution is -0.117. The first-order valence-corrected chi connectivity index (χ1v) is 7.48. The predicted octanol–water partition coefficient (Wildman–Crippen LogP) is 3.18. The van der Waals surface area contributed by atoms with Crippen molar-refractivity contribution in [2.45, 2.75) is 18.8 Å². The molecule has 2 aromatic carbocycles. The Morgan fingerprint density at radius 3 is 2.86 bits per heavy atom. The minimum atomic E-state index is 0.120. The molecular formula is C18H18N2O. The van der Waals surface area contributed by atoms with Crippen molar-refractivity contribution in [3.05, 3.63) is 59.7 Å². The first-order valence-electron chi connectivity index (χ1n) is 7.48. The van der Waals surface area contributed by atoms with Crippen LogP contribution in [0.25, 0.3) is 0 Å². The third kappa shape index (κ3) is 2.09. The standard InChI is InChI=1S/C18H18N2O/c19-12-5-3-6-13(10-12)20-18(21)17-15-9-8-11-4-1-2-7-14(11)16(15)17/h1-7,10,15-17H,8-9,19H2,(H,20,21). The van der Waals surface area contributed by atoms with E-state index in [9.17, 15) is 4.79 Å². The topological polar surface area (TPSA) is 55.1 Å². The molecule has 3 atom stereocenters. The summed E-state index contributed by atoms with van der Waals surface area (Å²) in [6.07, 6.45) is 2.22. The normalized spacial score (nSPS) is 25.6. The summed E-state index contributed by atoms with van der Waals surface area (Å²) < 4.78 is 0. The molecule has 1 amide bonds. The average molecular weight is 278 g/mol. The van der Waals surface area contributed by atoms with Gasteiger partial charge in [0.05, 0.1) is 0 Å². The van der Waals surface area contributed by atoms with Gasteiger partial charge < -0.3 is 11.1 Å². The lowest BCUT2D eigenvalue weighted by Gasteiger charge is -2.13. The van der Waals surface area contributed by atoms with Crippen LogP contribution in [0.15, 0.2) is 48.5 Å². The zero-order valence-electron chi connectivity index (χ0n) is 11.8. The van der Waals surface area contributed by atoms with Crippen LogP contribution in [-0.4, -0.2) is 5.91 Å². The van der Waals surface area contributed by atoms with Gasteiger partial charge in [0, 0.05) is 17.3 Å². The molecule has 106 valence electrons. The summed E-state index contributed by atoms with van der Waals surface area (Å²) in [6.45, 7) is 0. The van der Waals surface area contributed by atoms with E-state index in [2.05, 4.69) is 29.6 Å². The van der Waals surface area contributed by atoms with Gasteiger partial charge in [-0.15, -0.1) is 0 Å². The van der Waals surface area contributed by atoms with Gasteiger partial charge in [0.25, 0.3) is 0 Å². The number of nitrogens with one attached hydrogen (secondary N) is 1. The number of carbonyl (C=O) groups excluding carboxylic acids is 1. The number of benzene rings is 2. The molecule has 21 heavy (non-hydrogen) atoms. The van der Waals surface area contributed by atoms with Gasteiger partial charge >= 0.3 is 0 Å². The molecule has 3 unspecified atom stereocenters. The van der Waals surface area contributed by atoms with Crippen molar-refractivity contribution in [1.82, 2.24) is 0 Å². The van der Waals surface area contributed by atoms with Gasteiger partial charge in [-0.25, -0.2) is 0 Å². The summed E-state index contributed by atoms with van der Waals surface area (Å²) in [6, 6.07) is 15.9. The van der Waals surface area contributed by atoms with Gasteiger partial charge in [0.2, 0.25) is 5.91 Å². The largest absolute Gasteiger partial charge is 0.399 e. The second-order valence-electron chi connectivity index (χ2n) is 6.07. The molecular weight excluding hydrogens is 260 g/mol. The third-order valence-corrected chi connectivity index (χ3v) is 4.79.